The minimum absolute atomic E-state index is 1.36. The molecule has 0 radical (unpaired) electrons. The number of hydrogen-bond acceptors (Lipinski definition) is 0. The van der Waals surface area contributed by atoms with Crippen LogP contribution in [0.5, 0.6) is 0 Å². The van der Waals surface area contributed by atoms with Crippen LogP contribution in [0.2, 0.25) is 0 Å². The van der Waals surface area contributed by atoms with Gasteiger partial charge in [-0.25, -0.2) is 0 Å². The van der Waals surface area contributed by atoms with Crippen LogP contribution in [0.3, 0.4) is 0 Å². The molecular weight excluding hydrogens is 399 g/mol. The average Bonchev–Trinajstić information content (AvgIpc) is 2.64. The Morgan fingerprint density at radius 2 is 0.615 bits per heavy atom. The third kappa shape index (κ3) is 13.1. The summed E-state index contributed by atoms with van der Waals surface area (Å²) >= 11 is 4.63. The van der Waals surface area contributed by atoms with Gasteiger partial charge < -0.3 is 0 Å². The first-order valence-electron chi connectivity index (χ1n) is 12.3. The molecule has 0 saturated carbocycles. The molecule has 0 aromatic carbocycles. The van der Waals surface area contributed by atoms with Crippen LogP contribution in [0, 0.1) is 0 Å². The zero-order valence-electron chi connectivity index (χ0n) is 19.0. The van der Waals surface area contributed by atoms with Gasteiger partial charge in [-0.2, -0.15) is 0 Å². The van der Waals surface area contributed by atoms with Gasteiger partial charge in [0.05, 0.1) is 0 Å². The second-order valence-corrected chi connectivity index (χ2v) is 20.4. The van der Waals surface area contributed by atoms with Crippen LogP contribution >= 0.6 is 20.8 Å². The van der Waals surface area contributed by atoms with Gasteiger partial charge in [-0.05, 0) is 0 Å². The Hall–Kier alpha value is 0.910. The first-order valence-corrected chi connectivity index (χ1v) is 17.3. The summed E-state index contributed by atoms with van der Waals surface area (Å²) in [7, 11) is 0. The van der Waals surface area contributed by atoms with Crippen LogP contribution in [0.1, 0.15) is 130 Å². The summed E-state index contributed by atoms with van der Waals surface area (Å²) in [4.78, 5) is 0. The zero-order chi connectivity index (χ0) is 19.6. The molecule has 2 heteroatoms. The van der Waals surface area contributed by atoms with Crippen LogP contribution in [-0.4, -0.2) is 24.6 Å². The first kappa shape index (κ1) is 26.9. The van der Waals surface area contributed by atoms with E-state index >= 15 is 0 Å². The summed E-state index contributed by atoms with van der Waals surface area (Å²) in [5, 5.41) is -1.67. The molecule has 0 aliphatic carbocycles. The van der Waals surface area contributed by atoms with Gasteiger partial charge in [0.15, 0.2) is 0 Å². The Kier molecular flexibility index (Phi) is 17.4. The van der Waals surface area contributed by atoms with Crippen molar-refractivity contribution >= 4 is 20.8 Å². The van der Waals surface area contributed by atoms with Crippen LogP contribution in [-0.2, 0) is 0 Å². The van der Waals surface area contributed by atoms with Gasteiger partial charge in [0, 0.05) is 0 Å². The van der Waals surface area contributed by atoms with Crippen molar-refractivity contribution in [2.24, 2.45) is 0 Å². The third-order valence-electron chi connectivity index (χ3n) is 6.28. The average molecular weight is 452 g/mol. The van der Waals surface area contributed by atoms with Crippen LogP contribution in [0.15, 0.2) is 0 Å². The molecule has 160 valence electrons. The standard InChI is InChI=1S/C24H52BrP/c1-5-9-13-17-21-26(25,22-18-14-10-6-2,23-19-15-11-7-3)24-20-16-12-8-4/h5-24H2,1-4H3. The molecule has 0 aliphatic heterocycles. The molecule has 0 aromatic heterocycles. The van der Waals surface area contributed by atoms with E-state index < -0.39 is 5.31 Å². The predicted octanol–water partition coefficient (Wildman–Crippen LogP) is 10.2. The molecule has 0 aromatic rings. The Morgan fingerprint density at radius 1 is 0.385 bits per heavy atom. The van der Waals surface area contributed by atoms with Gasteiger partial charge in [-0.3, -0.25) is 0 Å². The fraction of sp³-hybridized carbons (Fsp3) is 1.00. The van der Waals surface area contributed by atoms with E-state index in [1.165, 1.54) is 127 Å². The number of hydrogen-bond donors (Lipinski definition) is 0. The Morgan fingerprint density at radius 3 is 0.808 bits per heavy atom. The van der Waals surface area contributed by atoms with Gasteiger partial charge in [0.25, 0.3) is 0 Å². The predicted molar refractivity (Wildman–Crippen MR) is 132 cm³/mol. The molecule has 26 heavy (non-hydrogen) atoms. The van der Waals surface area contributed by atoms with Crippen molar-refractivity contribution in [2.75, 3.05) is 24.6 Å². The summed E-state index contributed by atoms with van der Waals surface area (Å²) < 4.78 is 0. The Labute approximate surface area is 175 Å². The van der Waals surface area contributed by atoms with E-state index in [-0.39, 0.29) is 0 Å². The van der Waals surface area contributed by atoms with E-state index in [9.17, 15) is 0 Å². The quantitative estimate of drug-likeness (QED) is 0.128. The van der Waals surface area contributed by atoms with Gasteiger partial charge in [0.1, 0.15) is 0 Å². The van der Waals surface area contributed by atoms with Crippen molar-refractivity contribution in [1.29, 1.82) is 0 Å². The minimum atomic E-state index is -1.67. The number of unbranched alkanes of at least 4 members (excludes halogenated alkanes) is 12. The molecule has 0 bridgehead atoms. The van der Waals surface area contributed by atoms with Crippen LogP contribution in [0.4, 0.5) is 0 Å². The Balaban J connectivity index is 4.94. The molecule has 0 aliphatic rings. The summed E-state index contributed by atoms with van der Waals surface area (Å²) in [6.45, 7) is 9.37. The SMILES string of the molecule is CCCCCCP(Br)(CCCCCC)(CCCCCC)CCCCCC. The molecule has 0 nitrogen and oxygen atoms in total. The number of halogens is 1. The van der Waals surface area contributed by atoms with Crippen molar-refractivity contribution in [3.63, 3.8) is 0 Å². The molecule has 0 fully saturated rings. The Bertz CT molecular complexity index is 243. The summed E-state index contributed by atoms with van der Waals surface area (Å²) in [5.41, 5.74) is 0. The molecular formula is C24H52BrP. The molecule has 0 N–H and O–H groups in total. The maximum absolute atomic E-state index is 4.63. The summed E-state index contributed by atoms with van der Waals surface area (Å²) in [6.07, 6.45) is 29.1. The van der Waals surface area contributed by atoms with Crippen LogP contribution < -0.4 is 0 Å². The maximum atomic E-state index is 4.63. The molecule has 0 amide bonds. The van der Waals surface area contributed by atoms with Crippen molar-refractivity contribution in [3.05, 3.63) is 0 Å². The van der Waals surface area contributed by atoms with Gasteiger partial charge in [-0.15, -0.1) is 0 Å². The molecule has 0 saturated heterocycles. The van der Waals surface area contributed by atoms with Crippen molar-refractivity contribution in [1.82, 2.24) is 0 Å². The zero-order valence-corrected chi connectivity index (χ0v) is 21.4. The van der Waals surface area contributed by atoms with Gasteiger partial charge in [0.2, 0.25) is 0 Å². The molecule has 0 atom stereocenters. The molecule has 0 heterocycles. The molecule has 0 rings (SSSR count). The van der Waals surface area contributed by atoms with Crippen LogP contribution in [0.25, 0.3) is 0 Å². The van der Waals surface area contributed by atoms with E-state index in [1.54, 1.807) is 0 Å². The van der Waals surface area contributed by atoms with Gasteiger partial charge >= 0.3 is 176 Å². The summed E-state index contributed by atoms with van der Waals surface area (Å²) in [6, 6.07) is 0. The van der Waals surface area contributed by atoms with E-state index in [4.69, 9.17) is 0 Å². The fourth-order valence-corrected chi connectivity index (χ4v) is 12.8. The van der Waals surface area contributed by atoms with Crippen molar-refractivity contribution < 1.29 is 0 Å². The van der Waals surface area contributed by atoms with E-state index in [2.05, 4.69) is 43.2 Å². The second kappa shape index (κ2) is 16.8. The number of rotatable bonds is 20. The monoisotopic (exact) mass is 450 g/mol. The van der Waals surface area contributed by atoms with E-state index in [1.807, 2.05) is 0 Å². The normalized spacial score (nSPS) is 13.7. The molecule has 0 unspecified atom stereocenters. The fourth-order valence-electron chi connectivity index (χ4n) is 4.41. The van der Waals surface area contributed by atoms with Crippen molar-refractivity contribution in [2.45, 2.75) is 130 Å². The summed E-state index contributed by atoms with van der Waals surface area (Å²) in [5.74, 6) is 0. The topological polar surface area (TPSA) is 0 Å². The van der Waals surface area contributed by atoms with Gasteiger partial charge in [-0.1, -0.05) is 0 Å². The first-order chi connectivity index (χ1) is 12.5. The van der Waals surface area contributed by atoms with Crippen molar-refractivity contribution in [3.8, 4) is 0 Å². The third-order valence-corrected chi connectivity index (χ3v) is 16.3. The van der Waals surface area contributed by atoms with E-state index in [0.29, 0.717) is 0 Å². The van der Waals surface area contributed by atoms with E-state index in [0.717, 1.165) is 0 Å². The molecule has 0 spiro atoms. The second-order valence-electron chi connectivity index (χ2n) is 8.96.